The van der Waals surface area contributed by atoms with E-state index in [1.54, 1.807) is 30.3 Å². The van der Waals surface area contributed by atoms with Crippen molar-refractivity contribution in [2.75, 3.05) is 11.5 Å². The van der Waals surface area contributed by atoms with E-state index in [0.717, 1.165) is 11.1 Å². The lowest BCUT2D eigenvalue weighted by Gasteiger charge is -2.13. The van der Waals surface area contributed by atoms with E-state index < -0.39 is 5.38 Å². The van der Waals surface area contributed by atoms with Crippen molar-refractivity contribution >= 4 is 46.2 Å². The van der Waals surface area contributed by atoms with Gasteiger partial charge in [0, 0.05) is 10.7 Å². The predicted octanol–water partition coefficient (Wildman–Crippen LogP) is 4.49. The maximum Gasteiger partial charge on any atom is 0.0850 e. The molecule has 0 radical (unpaired) electrons. The summed E-state index contributed by atoms with van der Waals surface area (Å²) in [5.74, 6) is 0. The molecule has 0 saturated heterocycles. The Kier molecular flexibility index (Phi) is 3.91. The van der Waals surface area contributed by atoms with Crippen molar-refractivity contribution in [3.63, 3.8) is 0 Å². The molecule has 4 N–H and O–H groups in total. The maximum atomic E-state index is 6.39. The van der Waals surface area contributed by atoms with Crippen molar-refractivity contribution in [1.29, 1.82) is 0 Å². The van der Waals surface area contributed by atoms with Crippen molar-refractivity contribution in [3.8, 4) is 0 Å². The molecule has 0 aliphatic carbocycles. The molecule has 0 aromatic heterocycles. The summed E-state index contributed by atoms with van der Waals surface area (Å²) in [4.78, 5) is 0. The van der Waals surface area contributed by atoms with E-state index in [0.29, 0.717) is 21.4 Å². The third kappa shape index (κ3) is 2.66. The number of alkyl halides is 1. The monoisotopic (exact) mass is 300 g/mol. The molecule has 2 nitrogen and oxygen atoms in total. The van der Waals surface area contributed by atoms with Gasteiger partial charge in [0.05, 0.1) is 16.1 Å². The summed E-state index contributed by atoms with van der Waals surface area (Å²) in [5, 5.41) is 0.615. The molecule has 5 heteroatoms. The minimum absolute atomic E-state index is 0.392. The minimum atomic E-state index is -0.392. The van der Waals surface area contributed by atoms with Crippen LogP contribution in [0.25, 0.3) is 0 Å². The zero-order valence-corrected chi connectivity index (χ0v) is 11.6. The van der Waals surface area contributed by atoms with Gasteiger partial charge in [-0.2, -0.15) is 0 Å². The molecule has 0 bridgehead atoms. The first-order valence-corrected chi connectivity index (χ1v) is 6.42. The number of benzene rings is 2. The van der Waals surface area contributed by atoms with Gasteiger partial charge < -0.3 is 11.5 Å². The largest absolute Gasteiger partial charge is 0.399 e. The van der Waals surface area contributed by atoms with Gasteiger partial charge in [-0.15, -0.1) is 11.6 Å². The number of hydrogen-bond donors (Lipinski definition) is 2. The van der Waals surface area contributed by atoms with Crippen LogP contribution >= 0.6 is 34.8 Å². The molecule has 2 rings (SSSR count). The van der Waals surface area contributed by atoms with Crippen LogP contribution in [0.15, 0.2) is 36.4 Å². The molecule has 94 valence electrons. The van der Waals surface area contributed by atoms with Crippen LogP contribution in [0.3, 0.4) is 0 Å². The highest BCUT2D eigenvalue weighted by atomic mass is 35.5. The average molecular weight is 302 g/mol. The molecule has 2 aromatic rings. The quantitative estimate of drug-likeness (QED) is 0.634. The molecule has 1 unspecified atom stereocenters. The molecule has 0 spiro atoms. The number of nitrogens with two attached hydrogens (primary N) is 2. The lowest BCUT2D eigenvalue weighted by atomic mass is 10.0. The van der Waals surface area contributed by atoms with Gasteiger partial charge >= 0.3 is 0 Å². The second-order valence-electron chi connectivity index (χ2n) is 3.92. The van der Waals surface area contributed by atoms with Crippen LogP contribution in [-0.2, 0) is 0 Å². The summed E-state index contributed by atoms with van der Waals surface area (Å²) in [5.41, 5.74) is 14.0. The van der Waals surface area contributed by atoms with Crippen LogP contribution in [0.2, 0.25) is 10.0 Å². The second kappa shape index (κ2) is 5.27. The Morgan fingerprint density at radius 1 is 0.889 bits per heavy atom. The summed E-state index contributed by atoms with van der Waals surface area (Å²) < 4.78 is 0. The van der Waals surface area contributed by atoms with Crippen LogP contribution in [0.4, 0.5) is 11.4 Å². The van der Waals surface area contributed by atoms with E-state index in [1.165, 1.54) is 0 Å². The van der Waals surface area contributed by atoms with Crippen molar-refractivity contribution in [2.24, 2.45) is 0 Å². The minimum Gasteiger partial charge on any atom is -0.399 e. The zero-order valence-electron chi connectivity index (χ0n) is 9.33. The smallest absolute Gasteiger partial charge is 0.0850 e. The predicted molar refractivity (Wildman–Crippen MR) is 79.4 cm³/mol. The second-order valence-corrected chi connectivity index (χ2v) is 5.18. The van der Waals surface area contributed by atoms with Gasteiger partial charge in [0.2, 0.25) is 0 Å². The van der Waals surface area contributed by atoms with Crippen LogP contribution in [0.5, 0.6) is 0 Å². The molecule has 2 aromatic carbocycles. The van der Waals surface area contributed by atoms with E-state index in [-0.39, 0.29) is 0 Å². The SMILES string of the molecule is Nc1ccc(C(Cl)c2ccc(N)c(Cl)c2)c(Cl)c1. The summed E-state index contributed by atoms with van der Waals surface area (Å²) >= 11 is 18.5. The Labute approximate surface area is 120 Å². The lowest BCUT2D eigenvalue weighted by Crippen LogP contribution is -1.97. The summed E-state index contributed by atoms with van der Waals surface area (Å²) in [6.07, 6.45) is 0. The normalized spacial score (nSPS) is 12.4. The van der Waals surface area contributed by atoms with Crippen LogP contribution in [0, 0.1) is 0 Å². The molecular formula is C13H11Cl3N2. The van der Waals surface area contributed by atoms with E-state index in [2.05, 4.69) is 0 Å². The number of nitrogen functional groups attached to an aromatic ring is 2. The Morgan fingerprint density at radius 3 is 2.22 bits per heavy atom. The summed E-state index contributed by atoms with van der Waals surface area (Å²) in [6, 6.07) is 10.5. The summed E-state index contributed by atoms with van der Waals surface area (Å²) in [7, 11) is 0. The standard InChI is InChI=1S/C13H11Cl3N2/c14-10-6-8(17)2-3-9(10)13(16)7-1-4-12(18)11(15)5-7/h1-6,13H,17-18H2. The zero-order chi connectivity index (χ0) is 13.3. The third-order valence-corrected chi connectivity index (χ3v) is 3.76. The number of rotatable bonds is 2. The first-order chi connectivity index (χ1) is 8.49. The van der Waals surface area contributed by atoms with Gasteiger partial charge in [-0.05, 0) is 35.4 Å². The Morgan fingerprint density at radius 2 is 1.61 bits per heavy atom. The molecule has 0 amide bonds. The lowest BCUT2D eigenvalue weighted by molar-refractivity contribution is 1.14. The van der Waals surface area contributed by atoms with Crippen molar-refractivity contribution < 1.29 is 0 Å². The molecule has 0 saturated carbocycles. The first kappa shape index (κ1) is 13.3. The van der Waals surface area contributed by atoms with E-state index in [4.69, 9.17) is 46.3 Å². The number of hydrogen-bond acceptors (Lipinski definition) is 2. The van der Waals surface area contributed by atoms with Crippen molar-refractivity contribution in [1.82, 2.24) is 0 Å². The van der Waals surface area contributed by atoms with Crippen LogP contribution in [-0.4, -0.2) is 0 Å². The van der Waals surface area contributed by atoms with Gasteiger partial charge in [-0.25, -0.2) is 0 Å². The van der Waals surface area contributed by atoms with Gasteiger partial charge in [-0.3, -0.25) is 0 Å². The van der Waals surface area contributed by atoms with E-state index in [1.807, 2.05) is 6.07 Å². The van der Waals surface area contributed by atoms with E-state index >= 15 is 0 Å². The highest BCUT2D eigenvalue weighted by Gasteiger charge is 2.15. The Hall–Kier alpha value is -1.09. The molecule has 0 aliphatic heterocycles. The molecule has 0 fully saturated rings. The van der Waals surface area contributed by atoms with Crippen molar-refractivity contribution in [3.05, 3.63) is 57.6 Å². The molecule has 0 heterocycles. The highest BCUT2D eigenvalue weighted by molar-refractivity contribution is 6.34. The summed E-state index contributed by atoms with van der Waals surface area (Å²) in [6.45, 7) is 0. The third-order valence-electron chi connectivity index (χ3n) is 2.61. The van der Waals surface area contributed by atoms with Gasteiger partial charge in [0.25, 0.3) is 0 Å². The molecular weight excluding hydrogens is 291 g/mol. The molecule has 1 atom stereocenters. The van der Waals surface area contributed by atoms with Gasteiger partial charge in [0.1, 0.15) is 0 Å². The van der Waals surface area contributed by atoms with Gasteiger partial charge in [-0.1, -0.05) is 35.3 Å². The fraction of sp³-hybridized carbons (Fsp3) is 0.0769. The number of anilines is 2. The molecule has 0 aliphatic rings. The highest BCUT2D eigenvalue weighted by Crippen LogP contribution is 2.36. The van der Waals surface area contributed by atoms with Crippen LogP contribution in [0.1, 0.15) is 16.5 Å². The average Bonchev–Trinajstić information content (AvgIpc) is 2.32. The maximum absolute atomic E-state index is 6.39. The Bertz CT molecular complexity index is 584. The molecule has 18 heavy (non-hydrogen) atoms. The van der Waals surface area contributed by atoms with Crippen LogP contribution < -0.4 is 11.5 Å². The Balaban J connectivity index is 2.41. The van der Waals surface area contributed by atoms with E-state index in [9.17, 15) is 0 Å². The van der Waals surface area contributed by atoms with Gasteiger partial charge in [0.15, 0.2) is 0 Å². The first-order valence-electron chi connectivity index (χ1n) is 5.23. The fourth-order valence-corrected chi connectivity index (χ4v) is 2.50. The number of halogens is 3. The van der Waals surface area contributed by atoms with Crippen molar-refractivity contribution in [2.45, 2.75) is 5.38 Å². The fourth-order valence-electron chi connectivity index (χ4n) is 1.63. The topological polar surface area (TPSA) is 52.0 Å².